The van der Waals surface area contributed by atoms with Crippen LogP contribution < -0.4 is 25.1 Å². The first-order valence-electron chi connectivity index (χ1n) is 7.30. The second-order valence-electron chi connectivity index (χ2n) is 4.78. The van der Waals surface area contributed by atoms with Gasteiger partial charge in [0.05, 0.1) is 12.1 Å². The molecule has 2 N–H and O–H groups in total. The van der Waals surface area contributed by atoms with E-state index in [0.717, 1.165) is 0 Å². The Kier molecular flexibility index (Phi) is 6.91. The first-order valence-corrected chi connectivity index (χ1v) is 7.68. The van der Waals surface area contributed by atoms with Crippen LogP contribution in [0.15, 0.2) is 48.5 Å². The number of halogens is 1. The maximum Gasteiger partial charge on any atom is 0.276 e. The van der Waals surface area contributed by atoms with Crippen LogP contribution >= 0.6 is 11.6 Å². The van der Waals surface area contributed by atoms with Gasteiger partial charge < -0.3 is 14.2 Å². The number of ether oxygens (including phenoxy) is 3. The molecule has 2 amide bonds. The number of hydrogen-bond acceptors (Lipinski definition) is 5. The Morgan fingerprint density at radius 1 is 0.880 bits per heavy atom. The molecule has 2 aromatic rings. The average Bonchev–Trinajstić information content (AvgIpc) is 2.64. The minimum Gasteiger partial charge on any atom is -0.497 e. The molecule has 2 rings (SSSR count). The molecule has 25 heavy (non-hydrogen) atoms. The number of methoxy groups -OCH3 is 1. The molecule has 0 aliphatic carbocycles. The fourth-order valence-corrected chi connectivity index (χ4v) is 1.93. The van der Waals surface area contributed by atoms with Gasteiger partial charge in [0.1, 0.15) is 17.2 Å². The molecule has 0 aromatic heterocycles. The van der Waals surface area contributed by atoms with Crippen LogP contribution in [0.5, 0.6) is 17.2 Å². The molecule has 0 radical (unpaired) electrons. The Bertz CT molecular complexity index is 721. The molecular formula is C17H17ClN2O5. The van der Waals surface area contributed by atoms with Crippen molar-refractivity contribution in [3.05, 3.63) is 53.6 Å². The summed E-state index contributed by atoms with van der Waals surface area (Å²) >= 11 is 5.90. The lowest BCUT2D eigenvalue weighted by molar-refractivity contribution is -0.131. The van der Waals surface area contributed by atoms with Gasteiger partial charge in [0.2, 0.25) is 0 Å². The molecule has 0 spiro atoms. The summed E-state index contributed by atoms with van der Waals surface area (Å²) < 4.78 is 15.5. The fourth-order valence-electron chi connectivity index (χ4n) is 1.74. The van der Waals surface area contributed by atoms with Crippen LogP contribution in [0.1, 0.15) is 0 Å². The zero-order valence-electron chi connectivity index (χ0n) is 13.5. The highest BCUT2D eigenvalue weighted by Gasteiger charge is 2.08. The molecule has 7 nitrogen and oxygen atoms in total. The predicted molar refractivity (Wildman–Crippen MR) is 91.7 cm³/mol. The molecule has 0 aliphatic heterocycles. The standard InChI is InChI=1S/C17H17ClN2O5/c1-23-12-6-8-13(9-7-12)24-10-16(21)19-20-17(22)11-25-15-5-3-2-4-14(15)18/h2-9H,10-11H2,1H3,(H,19,21)(H,20,22). The second-order valence-corrected chi connectivity index (χ2v) is 5.19. The molecule has 0 saturated heterocycles. The van der Waals surface area contributed by atoms with Crippen molar-refractivity contribution in [2.24, 2.45) is 0 Å². The Hall–Kier alpha value is -2.93. The highest BCUT2D eigenvalue weighted by atomic mass is 35.5. The molecule has 2 aromatic carbocycles. The molecular weight excluding hydrogens is 348 g/mol. The van der Waals surface area contributed by atoms with Crippen molar-refractivity contribution in [2.75, 3.05) is 20.3 Å². The van der Waals surface area contributed by atoms with Crippen LogP contribution in [0.4, 0.5) is 0 Å². The lowest BCUT2D eigenvalue weighted by Gasteiger charge is -2.10. The van der Waals surface area contributed by atoms with Gasteiger partial charge in [0, 0.05) is 0 Å². The summed E-state index contributed by atoms with van der Waals surface area (Å²) in [5, 5.41) is 0.396. The predicted octanol–water partition coefficient (Wildman–Crippen LogP) is 1.95. The van der Waals surface area contributed by atoms with E-state index < -0.39 is 11.8 Å². The van der Waals surface area contributed by atoms with E-state index in [-0.39, 0.29) is 13.2 Å². The van der Waals surface area contributed by atoms with Crippen molar-refractivity contribution in [3.8, 4) is 17.2 Å². The number of carbonyl (C=O) groups is 2. The quantitative estimate of drug-likeness (QED) is 0.733. The first-order chi connectivity index (χ1) is 12.1. The van der Waals surface area contributed by atoms with E-state index in [1.807, 2.05) is 0 Å². The summed E-state index contributed by atoms with van der Waals surface area (Å²) in [4.78, 5) is 23.3. The molecule has 0 bridgehead atoms. The summed E-state index contributed by atoms with van der Waals surface area (Å²) in [5.41, 5.74) is 4.45. The number of amides is 2. The number of benzene rings is 2. The topological polar surface area (TPSA) is 85.9 Å². The Balaban J connectivity index is 1.66. The second kappa shape index (κ2) is 9.39. The summed E-state index contributed by atoms with van der Waals surface area (Å²) in [6.07, 6.45) is 0. The highest BCUT2D eigenvalue weighted by Crippen LogP contribution is 2.22. The van der Waals surface area contributed by atoms with Crippen molar-refractivity contribution in [3.63, 3.8) is 0 Å². The van der Waals surface area contributed by atoms with Crippen molar-refractivity contribution in [1.29, 1.82) is 0 Å². The smallest absolute Gasteiger partial charge is 0.276 e. The van der Waals surface area contributed by atoms with Crippen LogP contribution in [0.25, 0.3) is 0 Å². The highest BCUT2D eigenvalue weighted by molar-refractivity contribution is 6.32. The lowest BCUT2D eigenvalue weighted by Crippen LogP contribution is -2.45. The van der Waals surface area contributed by atoms with Crippen LogP contribution in [-0.4, -0.2) is 32.1 Å². The fraction of sp³-hybridized carbons (Fsp3) is 0.176. The summed E-state index contributed by atoms with van der Waals surface area (Å²) in [7, 11) is 1.56. The van der Waals surface area contributed by atoms with Gasteiger partial charge in [-0.1, -0.05) is 23.7 Å². The van der Waals surface area contributed by atoms with Gasteiger partial charge in [0.25, 0.3) is 11.8 Å². The van der Waals surface area contributed by atoms with Gasteiger partial charge in [-0.25, -0.2) is 0 Å². The average molecular weight is 365 g/mol. The molecule has 8 heteroatoms. The van der Waals surface area contributed by atoms with E-state index >= 15 is 0 Å². The van der Waals surface area contributed by atoms with Gasteiger partial charge in [0.15, 0.2) is 13.2 Å². The van der Waals surface area contributed by atoms with Crippen molar-refractivity contribution >= 4 is 23.4 Å². The third-order valence-corrected chi connectivity index (χ3v) is 3.28. The number of hydrogen-bond donors (Lipinski definition) is 2. The van der Waals surface area contributed by atoms with Crippen molar-refractivity contribution in [2.45, 2.75) is 0 Å². The summed E-state index contributed by atoms with van der Waals surface area (Å²) in [5.74, 6) is 0.528. The van der Waals surface area contributed by atoms with Gasteiger partial charge in [-0.05, 0) is 36.4 Å². The van der Waals surface area contributed by atoms with E-state index in [1.165, 1.54) is 0 Å². The van der Waals surface area contributed by atoms with Gasteiger partial charge >= 0.3 is 0 Å². The molecule has 0 saturated carbocycles. The van der Waals surface area contributed by atoms with Crippen LogP contribution in [0.3, 0.4) is 0 Å². The maximum atomic E-state index is 11.6. The number of nitrogens with one attached hydrogen (secondary N) is 2. The minimum absolute atomic E-state index is 0.252. The van der Waals surface area contributed by atoms with Crippen molar-refractivity contribution in [1.82, 2.24) is 10.9 Å². The van der Waals surface area contributed by atoms with Gasteiger partial charge in [-0.2, -0.15) is 0 Å². The summed E-state index contributed by atoms with van der Waals surface area (Å²) in [6, 6.07) is 13.5. The number of carbonyl (C=O) groups excluding carboxylic acids is 2. The van der Waals surface area contributed by atoms with Crippen LogP contribution in [0.2, 0.25) is 5.02 Å². The maximum absolute atomic E-state index is 11.6. The number of para-hydroxylation sites is 1. The number of hydrazine groups is 1. The zero-order valence-corrected chi connectivity index (χ0v) is 14.2. The zero-order chi connectivity index (χ0) is 18.1. The van der Waals surface area contributed by atoms with E-state index in [9.17, 15) is 9.59 Å². The monoisotopic (exact) mass is 364 g/mol. The number of rotatable bonds is 7. The molecule has 132 valence electrons. The lowest BCUT2D eigenvalue weighted by atomic mass is 10.3. The first kappa shape index (κ1) is 18.4. The van der Waals surface area contributed by atoms with Gasteiger partial charge in [-0.15, -0.1) is 0 Å². The molecule has 0 unspecified atom stereocenters. The van der Waals surface area contributed by atoms with E-state index in [1.54, 1.807) is 55.6 Å². The van der Waals surface area contributed by atoms with Crippen molar-refractivity contribution < 1.29 is 23.8 Å². The van der Waals surface area contributed by atoms with E-state index in [0.29, 0.717) is 22.3 Å². The molecule has 0 fully saturated rings. The third-order valence-electron chi connectivity index (χ3n) is 2.97. The largest absolute Gasteiger partial charge is 0.497 e. The third kappa shape index (κ3) is 6.23. The molecule has 0 heterocycles. The van der Waals surface area contributed by atoms with Gasteiger partial charge in [-0.3, -0.25) is 20.4 Å². The Morgan fingerprint density at radius 3 is 2.04 bits per heavy atom. The molecule has 0 atom stereocenters. The minimum atomic E-state index is -0.530. The van der Waals surface area contributed by atoms with Crippen LogP contribution in [0, 0.1) is 0 Å². The van der Waals surface area contributed by atoms with E-state index in [4.69, 9.17) is 25.8 Å². The Morgan fingerprint density at radius 2 is 1.44 bits per heavy atom. The molecule has 0 aliphatic rings. The summed E-state index contributed by atoms with van der Waals surface area (Å²) in [6.45, 7) is -0.540. The SMILES string of the molecule is COc1ccc(OCC(=O)NNC(=O)COc2ccccc2Cl)cc1. The Labute approximate surface area is 149 Å². The van der Waals surface area contributed by atoms with Crippen LogP contribution in [-0.2, 0) is 9.59 Å². The normalized spacial score (nSPS) is 9.84. The van der Waals surface area contributed by atoms with E-state index in [2.05, 4.69) is 10.9 Å².